The number of rotatable bonds is 7. The predicted octanol–water partition coefficient (Wildman–Crippen LogP) is 2.81. The quantitative estimate of drug-likeness (QED) is 0.352. The van der Waals surface area contributed by atoms with E-state index in [4.69, 9.17) is 9.73 Å². The van der Waals surface area contributed by atoms with Gasteiger partial charge in [0.25, 0.3) is 0 Å². The summed E-state index contributed by atoms with van der Waals surface area (Å²) in [6.07, 6.45) is 2.61. The summed E-state index contributed by atoms with van der Waals surface area (Å²) in [4.78, 5) is 18.7. The molecular formula is C20H33IN4O2. The Bertz CT molecular complexity index is 575. The number of hydrogen-bond acceptors (Lipinski definition) is 3. The first-order valence-corrected chi connectivity index (χ1v) is 9.49. The molecule has 152 valence electrons. The molecule has 1 heterocycles. The molecule has 1 amide bonds. The lowest BCUT2D eigenvalue weighted by molar-refractivity contribution is -0.121. The van der Waals surface area contributed by atoms with Crippen molar-refractivity contribution < 1.29 is 9.53 Å². The van der Waals surface area contributed by atoms with Crippen molar-refractivity contribution >= 4 is 35.8 Å². The fourth-order valence-electron chi connectivity index (χ4n) is 3.29. The van der Waals surface area contributed by atoms with Crippen molar-refractivity contribution in [1.29, 1.82) is 0 Å². The molecule has 1 atom stereocenters. The number of aliphatic imine (C=N–C) groups is 1. The summed E-state index contributed by atoms with van der Waals surface area (Å²) in [7, 11) is 3.43. The van der Waals surface area contributed by atoms with Crippen molar-refractivity contribution in [3.05, 3.63) is 35.9 Å². The molecule has 1 unspecified atom stereocenters. The maximum atomic E-state index is 11.6. The summed E-state index contributed by atoms with van der Waals surface area (Å²) in [6.45, 7) is 5.35. The number of halogens is 1. The van der Waals surface area contributed by atoms with Crippen LogP contribution in [0.15, 0.2) is 35.3 Å². The Hall–Kier alpha value is -1.35. The van der Waals surface area contributed by atoms with Crippen LogP contribution in [0.1, 0.15) is 37.9 Å². The smallest absolute Gasteiger partial charge is 0.220 e. The van der Waals surface area contributed by atoms with Crippen molar-refractivity contribution in [1.82, 2.24) is 15.5 Å². The van der Waals surface area contributed by atoms with Gasteiger partial charge in [0.2, 0.25) is 5.91 Å². The average molecular weight is 488 g/mol. The van der Waals surface area contributed by atoms with Crippen LogP contribution in [0, 0.1) is 5.92 Å². The zero-order valence-corrected chi connectivity index (χ0v) is 18.9. The summed E-state index contributed by atoms with van der Waals surface area (Å²) in [5, 5.41) is 6.11. The molecule has 1 aliphatic rings. The molecule has 0 aromatic heterocycles. The molecule has 1 aliphatic heterocycles. The molecule has 0 aliphatic carbocycles. The Balaban J connectivity index is 0.00000364. The van der Waals surface area contributed by atoms with Crippen LogP contribution in [0.4, 0.5) is 0 Å². The molecule has 2 rings (SSSR count). The number of carbonyl (C=O) groups is 1. The van der Waals surface area contributed by atoms with Gasteiger partial charge in [-0.1, -0.05) is 30.3 Å². The van der Waals surface area contributed by atoms with Gasteiger partial charge >= 0.3 is 0 Å². The molecule has 1 aromatic carbocycles. The van der Waals surface area contributed by atoms with Crippen LogP contribution in [-0.2, 0) is 9.53 Å². The number of ether oxygens (including phenoxy) is 1. The number of guanidine groups is 1. The first kappa shape index (κ1) is 23.7. The van der Waals surface area contributed by atoms with Gasteiger partial charge in [0.05, 0.1) is 6.54 Å². The Morgan fingerprint density at radius 2 is 1.96 bits per heavy atom. The van der Waals surface area contributed by atoms with Gasteiger partial charge < -0.3 is 20.3 Å². The lowest BCUT2D eigenvalue weighted by Crippen LogP contribution is -2.46. The van der Waals surface area contributed by atoms with E-state index in [9.17, 15) is 4.79 Å². The molecule has 1 saturated heterocycles. The van der Waals surface area contributed by atoms with E-state index in [0.717, 1.165) is 44.0 Å². The average Bonchev–Trinajstić information content (AvgIpc) is 2.69. The number of likely N-dealkylation sites (tertiary alicyclic amines) is 1. The van der Waals surface area contributed by atoms with E-state index in [2.05, 4.69) is 34.6 Å². The second-order valence-corrected chi connectivity index (χ2v) is 6.64. The van der Waals surface area contributed by atoms with Gasteiger partial charge in [0.15, 0.2) is 5.96 Å². The van der Waals surface area contributed by atoms with Gasteiger partial charge in [-0.15, -0.1) is 24.0 Å². The van der Waals surface area contributed by atoms with Crippen LogP contribution in [0.25, 0.3) is 0 Å². The van der Waals surface area contributed by atoms with Crippen molar-refractivity contribution in [3.63, 3.8) is 0 Å². The molecule has 6 nitrogen and oxygen atoms in total. The Morgan fingerprint density at radius 1 is 1.30 bits per heavy atom. The SMILES string of the molecule is CCNC(=NCC(OC)c1ccccc1)N1CCC(CC(=O)NC)CC1.I. The predicted molar refractivity (Wildman–Crippen MR) is 121 cm³/mol. The van der Waals surface area contributed by atoms with E-state index in [1.807, 2.05) is 18.2 Å². The maximum Gasteiger partial charge on any atom is 0.220 e. The number of nitrogens with zero attached hydrogens (tertiary/aromatic N) is 2. The molecule has 0 radical (unpaired) electrons. The van der Waals surface area contributed by atoms with Crippen LogP contribution in [0.3, 0.4) is 0 Å². The molecule has 1 fully saturated rings. The van der Waals surface area contributed by atoms with Gasteiger partial charge in [-0.2, -0.15) is 0 Å². The molecule has 2 N–H and O–H groups in total. The van der Waals surface area contributed by atoms with Gasteiger partial charge in [0.1, 0.15) is 6.10 Å². The highest BCUT2D eigenvalue weighted by Crippen LogP contribution is 2.21. The lowest BCUT2D eigenvalue weighted by Gasteiger charge is -2.34. The van der Waals surface area contributed by atoms with Gasteiger partial charge in [0, 0.05) is 40.2 Å². The van der Waals surface area contributed by atoms with E-state index in [1.165, 1.54) is 0 Å². The van der Waals surface area contributed by atoms with Crippen LogP contribution in [0.2, 0.25) is 0 Å². The summed E-state index contributed by atoms with van der Waals surface area (Å²) >= 11 is 0. The fourth-order valence-corrected chi connectivity index (χ4v) is 3.29. The van der Waals surface area contributed by atoms with E-state index in [1.54, 1.807) is 14.2 Å². The molecule has 7 heteroatoms. The summed E-state index contributed by atoms with van der Waals surface area (Å²) in [5.41, 5.74) is 1.14. The number of piperidine rings is 1. The molecule has 0 bridgehead atoms. The number of carbonyl (C=O) groups excluding carboxylic acids is 1. The molecule has 0 spiro atoms. The Kier molecular flexibility index (Phi) is 11.3. The number of methoxy groups -OCH3 is 1. The molecular weight excluding hydrogens is 455 g/mol. The highest BCUT2D eigenvalue weighted by molar-refractivity contribution is 14.0. The third kappa shape index (κ3) is 7.65. The highest BCUT2D eigenvalue weighted by atomic mass is 127. The van der Waals surface area contributed by atoms with Crippen LogP contribution < -0.4 is 10.6 Å². The van der Waals surface area contributed by atoms with Gasteiger partial charge in [-0.25, -0.2) is 0 Å². The van der Waals surface area contributed by atoms with E-state index in [-0.39, 0.29) is 36.0 Å². The Morgan fingerprint density at radius 3 is 2.52 bits per heavy atom. The van der Waals surface area contributed by atoms with Gasteiger partial charge in [-0.3, -0.25) is 9.79 Å². The second kappa shape index (κ2) is 12.9. The summed E-state index contributed by atoms with van der Waals surface area (Å²) in [5.74, 6) is 1.53. The van der Waals surface area contributed by atoms with Crippen LogP contribution in [-0.4, -0.2) is 57.1 Å². The largest absolute Gasteiger partial charge is 0.375 e. The third-order valence-electron chi connectivity index (χ3n) is 4.86. The number of amides is 1. The van der Waals surface area contributed by atoms with E-state index in [0.29, 0.717) is 18.9 Å². The minimum atomic E-state index is -0.0457. The maximum absolute atomic E-state index is 11.6. The second-order valence-electron chi connectivity index (χ2n) is 6.64. The minimum absolute atomic E-state index is 0. The number of hydrogen-bond donors (Lipinski definition) is 2. The first-order chi connectivity index (χ1) is 12.7. The van der Waals surface area contributed by atoms with Crippen molar-refractivity contribution in [2.45, 2.75) is 32.3 Å². The van der Waals surface area contributed by atoms with Crippen molar-refractivity contribution in [2.24, 2.45) is 10.9 Å². The van der Waals surface area contributed by atoms with Gasteiger partial charge in [-0.05, 0) is 31.2 Å². The zero-order chi connectivity index (χ0) is 18.8. The molecule has 0 saturated carbocycles. The van der Waals surface area contributed by atoms with Crippen molar-refractivity contribution in [3.8, 4) is 0 Å². The first-order valence-electron chi connectivity index (χ1n) is 9.49. The minimum Gasteiger partial charge on any atom is -0.375 e. The van der Waals surface area contributed by atoms with Crippen LogP contribution in [0.5, 0.6) is 0 Å². The number of benzene rings is 1. The van der Waals surface area contributed by atoms with E-state index >= 15 is 0 Å². The standard InChI is InChI=1S/C20H32N4O2.HI/c1-4-22-20(23-15-18(26-3)17-8-6-5-7-9-17)24-12-10-16(11-13-24)14-19(25)21-2;/h5-9,16,18H,4,10-15H2,1-3H3,(H,21,25)(H,22,23);1H. The summed E-state index contributed by atoms with van der Waals surface area (Å²) in [6, 6.07) is 10.2. The fraction of sp³-hybridized carbons (Fsp3) is 0.600. The topological polar surface area (TPSA) is 66.0 Å². The monoisotopic (exact) mass is 488 g/mol. The van der Waals surface area contributed by atoms with E-state index < -0.39 is 0 Å². The molecule has 1 aromatic rings. The normalized spacial score (nSPS) is 16.4. The van der Waals surface area contributed by atoms with Crippen LogP contribution >= 0.6 is 24.0 Å². The third-order valence-corrected chi connectivity index (χ3v) is 4.86. The summed E-state index contributed by atoms with van der Waals surface area (Å²) < 4.78 is 5.63. The molecule has 27 heavy (non-hydrogen) atoms. The number of nitrogens with one attached hydrogen (secondary N) is 2. The lowest BCUT2D eigenvalue weighted by atomic mass is 9.93. The Labute approximate surface area is 180 Å². The zero-order valence-electron chi connectivity index (χ0n) is 16.6. The van der Waals surface area contributed by atoms with Crippen molar-refractivity contribution in [2.75, 3.05) is 40.3 Å². The highest BCUT2D eigenvalue weighted by Gasteiger charge is 2.23.